The largest absolute Gasteiger partial charge is 0.489 e. The molecule has 1 saturated carbocycles. The lowest BCUT2D eigenvalue weighted by Gasteiger charge is -2.31. The van der Waals surface area contributed by atoms with E-state index in [9.17, 15) is 27.6 Å². The van der Waals surface area contributed by atoms with E-state index in [1.165, 1.54) is 11.9 Å². The van der Waals surface area contributed by atoms with Crippen molar-refractivity contribution in [3.05, 3.63) is 65.0 Å². The monoisotopic (exact) mass is 574 g/mol. The fourth-order valence-electron chi connectivity index (χ4n) is 4.92. The van der Waals surface area contributed by atoms with Crippen LogP contribution in [0.3, 0.4) is 0 Å². The lowest BCUT2D eigenvalue weighted by Crippen LogP contribution is -2.57. The Kier molecular flexibility index (Phi) is 9.90. The Balaban J connectivity index is 1.59. The molecule has 2 aromatic rings. The second-order valence-electron chi connectivity index (χ2n) is 10.9. The van der Waals surface area contributed by atoms with Crippen LogP contribution in [0.4, 0.5) is 13.2 Å². The van der Waals surface area contributed by atoms with Gasteiger partial charge in [-0.3, -0.25) is 14.4 Å². The minimum Gasteiger partial charge on any atom is -0.489 e. The van der Waals surface area contributed by atoms with Crippen LogP contribution in [0.25, 0.3) is 0 Å². The molecule has 3 amide bonds. The number of nitrogens with one attached hydrogen (secondary N) is 3. The van der Waals surface area contributed by atoms with Gasteiger partial charge in [-0.1, -0.05) is 18.2 Å². The van der Waals surface area contributed by atoms with Crippen molar-refractivity contribution in [3.63, 3.8) is 0 Å². The molecule has 0 spiro atoms. The third-order valence-electron chi connectivity index (χ3n) is 7.63. The van der Waals surface area contributed by atoms with E-state index in [1.807, 2.05) is 31.2 Å². The number of fused-ring (bicyclic) bond motifs is 1. The molecule has 4 atom stereocenters. The van der Waals surface area contributed by atoms with Crippen molar-refractivity contribution in [1.29, 1.82) is 0 Å². The second kappa shape index (κ2) is 13.4. The summed E-state index contributed by atoms with van der Waals surface area (Å²) in [6, 6.07) is 6.55. The highest BCUT2D eigenvalue weighted by Crippen LogP contribution is 2.33. The van der Waals surface area contributed by atoms with Crippen LogP contribution in [-0.4, -0.2) is 67.0 Å². The Hall–Kier alpha value is -3.60. The third kappa shape index (κ3) is 7.78. The molecular weight excluding hydrogens is 537 g/mol. The first kappa shape index (κ1) is 30.4. The van der Waals surface area contributed by atoms with E-state index in [0.29, 0.717) is 19.4 Å². The third-order valence-corrected chi connectivity index (χ3v) is 7.63. The fraction of sp³-hybridized carbons (Fsp3) is 0.500. The van der Waals surface area contributed by atoms with Crippen molar-refractivity contribution in [1.82, 2.24) is 20.9 Å². The number of benzene rings is 2. The molecule has 0 unspecified atom stereocenters. The number of para-hydroxylation sites is 1. The summed E-state index contributed by atoms with van der Waals surface area (Å²) in [7, 11) is 1.53. The van der Waals surface area contributed by atoms with Crippen LogP contribution >= 0.6 is 0 Å². The summed E-state index contributed by atoms with van der Waals surface area (Å²) < 4.78 is 47.5. The maximum absolute atomic E-state index is 13.9. The molecule has 2 aliphatic rings. The lowest BCUT2D eigenvalue weighted by molar-refractivity contribution is -0.141. The van der Waals surface area contributed by atoms with Gasteiger partial charge in [-0.05, 0) is 74.8 Å². The van der Waals surface area contributed by atoms with Gasteiger partial charge < -0.3 is 25.6 Å². The molecule has 0 aromatic heterocycles. The van der Waals surface area contributed by atoms with E-state index in [1.54, 1.807) is 6.92 Å². The zero-order valence-corrected chi connectivity index (χ0v) is 23.5. The number of hydrogen-bond acceptors (Lipinski definition) is 5. The highest BCUT2D eigenvalue weighted by molar-refractivity contribution is 5.93. The number of aryl methyl sites for hydroxylation is 1. The molecule has 1 aliphatic carbocycles. The first-order valence-electron chi connectivity index (χ1n) is 14.0. The average Bonchev–Trinajstić information content (AvgIpc) is 3.78. The number of amides is 3. The molecule has 0 saturated heterocycles. The van der Waals surface area contributed by atoms with Gasteiger partial charge in [-0.2, -0.15) is 0 Å². The van der Waals surface area contributed by atoms with E-state index in [0.717, 1.165) is 36.3 Å². The molecule has 2 aromatic carbocycles. The number of hydrogen-bond donors (Lipinski definition) is 3. The highest BCUT2D eigenvalue weighted by Gasteiger charge is 2.39. The van der Waals surface area contributed by atoms with E-state index in [-0.39, 0.29) is 36.5 Å². The number of carbonyl (C=O) groups is 3. The van der Waals surface area contributed by atoms with E-state index >= 15 is 0 Å². The van der Waals surface area contributed by atoms with Crippen LogP contribution in [0.15, 0.2) is 36.4 Å². The molecule has 4 rings (SSSR count). The van der Waals surface area contributed by atoms with Crippen molar-refractivity contribution in [2.75, 3.05) is 20.1 Å². The zero-order valence-electron chi connectivity index (χ0n) is 23.5. The summed E-state index contributed by atoms with van der Waals surface area (Å²) in [5.74, 6) is -4.96. The summed E-state index contributed by atoms with van der Waals surface area (Å²) in [4.78, 5) is 41.2. The van der Waals surface area contributed by atoms with Gasteiger partial charge in [0.15, 0.2) is 17.5 Å². The summed E-state index contributed by atoms with van der Waals surface area (Å²) in [6.45, 7) is 4.16. The topological polar surface area (TPSA) is 99.8 Å². The van der Waals surface area contributed by atoms with Crippen LogP contribution in [-0.2, 0) is 27.2 Å². The minimum absolute atomic E-state index is 0.000677. The Labute approximate surface area is 238 Å². The number of likely N-dealkylation sites (N-methyl/N-ethyl adjacent to an activating group) is 1. The standard InChI is InChI=1S/C30H37F3N4O4/c1-17-16-35-27(21-10-11-21)30(40)37(3)18(2)28(38)36-24(15-19-13-22(31)26(33)23(32)14-19)29(39)34-12-6-8-20-7-4-5-9-25(20)41-17/h4-5,7,9,13-14,17-18,21,24,27,35H,6,8,10-12,15-16H2,1-3H3,(H,34,39)(H,36,38)/t17-,18-,24-,27+/m1/s1. The van der Waals surface area contributed by atoms with Gasteiger partial charge in [0.25, 0.3) is 0 Å². The second-order valence-corrected chi connectivity index (χ2v) is 10.9. The summed E-state index contributed by atoms with van der Waals surface area (Å²) >= 11 is 0. The Morgan fingerprint density at radius 1 is 1.00 bits per heavy atom. The van der Waals surface area contributed by atoms with Gasteiger partial charge >= 0.3 is 0 Å². The molecule has 3 N–H and O–H groups in total. The quantitative estimate of drug-likeness (QED) is 0.490. The Morgan fingerprint density at radius 2 is 1.68 bits per heavy atom. The van der Waals surface area contributed by atoms with Crippen LogP contribution in [0, 0.1) is 23.4 Å². The van der Waals surface area contributed by atoms with E-state index in [4.69, 9.17) is 4.74 Å². The van der Waals surface area contributed by atoms with Crippen molar-refractivity contribution in [3.8, 4) is 5.75 Å². The smallest absolute Gasteiger partial charge is 0.243 e. The van der Waals surface area contributed by atoms with Gasteiger partial charge in [0.2, 0.25) is 17.7 Å². The van der Waals surface area contributed by atoms with Crippen molar-refractivity contribution in [2.24, 2.45) is 5.92 Å². The van der Waals surface area contributed by atoms with Crippen LogP contribution in [0.1, 0.15) is 44.2 Å². The number of rotatable bonds is 3. The fourth-order valence-corrected chi connectivity index (χ4v) is 4.92. The predicted octanol–water partition coefficient (Wildman–Crippen LogP) is 2.88. The molecule has 11 heteroatoms. The molecule has 41 heavy (non-hydrogen) atoms. The first-order valence-corrected chi connectivity index (χ1v) is 14.0. The molecule has 1 heterocycles. The summed E-state index contributed by atoms with van der Waals surface area (Å²) in [5.41, 5.74) is 0.958. The molecule has 1 aliphatic heterocycles. The van der Waals surface area contributed by atoms with Crippen molar-refractivity contribution >= 4 is 17.7 Å². The zero-order chi connectivity index (χ0) is 29.7. The Morgan fingerprint density at radius 3 is 2.37 bits per heavy atom. The van der Waals surface area contributed by atoms with Crippen LogP contribution in [0.2, 0.25) is 0 Å². The van der Waals surface area contributed by atoms with Crippen molar-refractivity contribution < 1.29 is 32.3 Å². The van der Waals surface area contributed by atoms with Gasteiger partial charge in [-0.15, -0.1) is 0 Å². The summed E-state index contributed by atoms with van der Waals surface area (Å²) in [6.07, 6.45) is 2.45. The molecule has 0 bridgehead atoms. The van der Waals surface area contributed by atoms with E-state index < -0.39 is 47.4 Å². The number of carbonyl (C=O) groups excluding carboxylic acids is 3. The maximum atomic E-state index is 13.9. The number of halogens is 3. The number of ether oxygens (including phenoxy) is 1. The number of nitrogens with zero attached hydrogens (tertiary/aromatic N) is 1. The molecular formula is C30H37F3N4O4. The predicted molar refractivity (Wildman–Crippen MR) is 147 cm³/mol. The van der Waals surface area contributed by atoms with Gasteiger partial charge in [0.05, 0.1) is 6.04 Å². The van der Waals surface area contributed by atoms with E-state index in [2.05, 4.69) is 16.0 Å². The average molecular weight is 575 g/mol. The molecule has 0 radical (unpaired) electrons. The molecule has 8 nitrogen and oxygen atoms in total. The molecule has 222 valence electrons. The van der Waals surface area contributed by atoms with Crippen LogP contribution in [0.5, 0.6) is 5.75 Å². The summed E-state index contributed by atoms with van der Waals surface area (Å²) in [5, 5.41) is 8.74. The maximum Gasteiger partial charge on any atom is 0.243 e. The van der Waals surface area contributed by atoms with Crippen molar-refractivity contribution in [2.45, 2.75) is 70.2 Å². The molecule has 1 fully saturated rings. The SMILES string of the molecule is C[C@@H]1CN[C@@H](C2CC2)C(=O)N(C)[C@H](C)C(=O)N[C@H](Cc2cc(F)c(F)c(F)c2)C(=O)NCCCc2ccccc2O1. The normalized spacial score (nSPS) is 25.3. The Bertz CT molecular complexity index is 1250. The van der Waals surface area contributed by atoms with Gasteiger partial charge in [-0.25, -0.2) is 13.2 Å². The van der Waals surface area contributed by atoms with Crippen LogP contribution < -0.4 is 20.7 Å². The first-order chi connectivity index (χ1) is 19.5. The lowest BCUT2D eigenvalue weighted by atomic mass is 10.0. The minimum atomic E-state index is -1.61. The van der Waals surface area contributed by atoms with Gasteiger partial charge in [0, 0.05) is 26.6 Å². The highest BCUT2D eigenvalue weighted by atomic mass is 19.2. The van der Waals surface area contributed by atoms with Gasteiger partial charge in [0.1, 0.15) is 23.9 Å².